The van der Waals surface area contributed by atoms with Crippen molar-refractivity contribution >= 4 is 23.9 Å². The van der Waals surface area contributed by atoms with Crippen LogP contribution in [0, 0.1) is 5.92 Å². The lowest BCUT2D eigenvalue weighted by Gasteiger charge is -2.08. The predicted molar refractivity (Wildman–Crippen MR) is 149 cm³/mol. The van der Waals surface area contributed by atoms with Crippen molar-refractivity contribution in [3.63, 3.8) is 0 Å². The highest BCUT2D eigenvalue weighted by atomic mass is 32.2. The van der Waals surface area contributed by atoms with Gasteiger partial charge in [0.1, 0.15) is 5.69 Å². The van der Waals surface area contributed by atoms with Gasteiger partial charge in [0.2, 0.25) is 6.33 Å². The topological polar surface area (TPSA) is 8.81 Å². The summed E-state index contributed by atoms with van der Waals surface area (Å²) in [5.74, 6) is 1.54. The van der Waals surface area contributed by atoms with E-state index in [2.05, 4.69) is 122 Å². The monoisotopic (exact) mass is 465 g/mol. The average Bonchev–Trinajstić information content (AvgIpc) is 3.23. The maximum Gasteiger partial charge on any atom is 0.250 e. The van der Waals surface area contributed by atoms with E-state index in [-0.39, 0.29) is 0 Å². The van der Waals surface area contributed by atoms with E-state index in [4.69, 9.17) is 0 Å². The van der Waals surface area contributed by atoms with Crippen molar-refractivity contribution in [3.05, 3.63) is 109 Å². The van der Waals surface area contributed by atoms with Crippen molar-refractivity contribution < 1.29 is 4.57 Å². The van der Waals surface area contributed by atoms with Crippen molar-refractivity contribution in [1.82, 2.24) is 4.57 Å². The molecule has 0 atom stereocenters. The number of hydrogen-bond donors (Lipinski definition) is 0. The molecule has 172 valence electrons. The first-order valence-corrected chi connectivity index (χ1v) is 13.1. The molecule has 0 bridgehead atoms. The molecule has 0 fully saturated rings. The van der Waals surface area contributed by atoms with Crippen LogP contribution in [0.4, 0.5) is 0 Å². The molecule has 4 rings (SSSR count). The third-order valence-electron chi connectivity index (χ3n) is 5.93. The Bertz CT molecular complexity index is 1260. The first-order chi connectivity index (χ1) is 16.5. The van der Waals surface area contributed by atoms with Crippen LogP contribution < -0.4 is 4.57 Å². The second-order valence-corrected chi connectivity index (χ2v) is 9.85. The number of aromatic nitrogens is 2. The smallest absolute Gasteiger partial charge is 0.229 e. The summed E-state index contributed by atoms with van der Waals surface area (Å²) in [6, 6.07) is 26.3. The zero-order chi connectivity index (χ0) is 24.1. The number of benzene rings is 3. The van der Waals surface area contributed by atoms with Gasteiger partial charge in [0.15, 0.2) is 11.4 Å². The van der Waals surface area contributed by atoms with Gasteiger partial charge in [-0.2, -0.15) is 16.3 Å². The van der Waals surface area contributed by atoms with E-state index >= 15 is 0 Å². The van der Waals surface area contributed by atoms with Crippen molar-refractivity contribution in [3.8, 4) is 28.2 Å². The minimum absolute atomic E-state index is 0.520. The maximum atomic E-state index is 3.92. The Morgan fingerprint density at radius 3 is 1.88 bits per heavy atom. The Balaban J connectivity index is 1.97. The van der Waals surface area contributed by atoms with E-state index in [9.17, 15) is 0 Å². The summed E-state index contributed by atoms with van der Waals surface area (Å²) in [7, 11) is 0. The lowest BCUT2D eigenvalue weighted by Crippen LogP contribution is -2.36. The molecule has 0 spiro atoms. The molecule has 0 radical (unpaired) electrons. The third kappa shape index (κ3) is 5.10. The molecular formula is C31H33N2S+. The highest BCUT2D eigenvalue weighted by Gasteiger charge is 2.27. The molecule has 3 aromatic carbocycles. The summed E-state index contributed by atoms with van der Waals surface area (Å²) < 4.78 is 4.74. The van der Waals surface area contributed by atoms with E-state index in [1.807, 2.05) is 23.9 Å². The van der Waals surface area contributed by atoms with E-state index < -0.39 is 0 Å². The fraction of sp³-hybridized carbons (Fsp3) is 0.194. The minimum atomic E-state index is 0.520. The molecule has 0 aliphatic rings. The van der Waals surface area contributed by atoms with E-state index in [0.717, 1.165) is 23.4 Å². The number of hydrogen-bond acceptors (Lipinski definition) is 1. The molecular weight excluding hydrogens is 432 g/mol. The van der Waals surface area contributed by atoms with Gasteiger partial charge < -0.3 is 0 Å². The van der Waals surface area contributed by atoms with Crippen LogP contribution in [-0.4, -0.2) is 10.8 Å². The zero-order valence-electron chi connectivity index (χ0n) is 20.4. The number of nitrogens with zero attached hydrogens (tertiary/aromatic N) is 2. The lowest BCUT2D eigenvalue weighted by atomic mass is 10.0. The van der Waals surface area contributed by atoms with Crippen LogP contribution in [0.25, 0.3) is 40.4 Å². The second kappa shape index (κ2) is 10.8. The molecule has 0 unspecified atom stereocenters. The molecule has 34 heavy (non-hydrogen) atoms. The highest BCUT2D eigenvalue weighted by molar-refractivity contribution is 7.97. The molecule has 0 amide bonds. The molecule has 3 heteroatoms. The molecule has 0 saturated carbocycles. The second-order valence-electron chi connectivity index (χ2n) is 8.98. The van der Waals surface area contributed by atoms with Crippen LogP contribution in [0.15, 0.2) is 92.3 Å². The summed E-state index contributed by atoms with van der Waals surface area (Å²) in [4.78, 5) is 0. The largest absolute Gasteiger partial charge is 0.250 e. The Morgan fingerprint density at radius 2 is 1.38 bits per heavy atom. The summed E-state index contributed by atoms with van der Waals surface area (Å²) >= 11 is 1.85. The normalized spacial score (nSPS) is 11.1. The van der Waals surface area contributed by atoms with E-state index in [1.54, 1.807) is 0 Å². The van der Waals surface area contributed by atoms with Gasteiger partial charge in [-0.15, -0.1) is 0 Å². The lowest BCUT2D eigenvalue weighted by molar-refractivity contribution is -0.691. The SMILES string of the molecule is C=Cc1ccc(-c2c(-c3ccc(C=C)cc3)[n+](CC(C)C)cn2-c2ccc(CSC)cc2)cc1. The molecule has 1 heterocycles. The molecule has 4 aromatic rings. The van der Waals surface area contributed by atoms with E-state index in [1.165, 1.54) is 33.8 Å². The quantitative estimate of drug-likeness (QED) is 0.228. The fourth-order valence-corrected chi connectivity index (χ4v) is 4.81. The summed E-state index contributed by atoms with van der Waals surface area (Å²) in [5.41, 5.74) is 9.56. The van der Waals surface area contributed by atoms with Crippen LogP contribution in [0.2, 0.25) is 0 Å². The summed E-state index contributed by atoms with van der Waals surface area (Å²) in [6.07, 6.45) is 8.18. The Morgan fingerprint density at radius 1 is 0.824 bits per heavy atom. The Kier molecular flexibility index (Phi) is 7.54. The van der Waals surface area contributed by atoms with Crippen molar-refractivity contribution in [1.29, 1.82) is 0 Å². The maximum absolute atomic E-state index is 3.92. The van der Waals surface area contributed by atoms with Gasteiger partial charge in [0.05, 0.1) is 6.54 Å². The van der Waals surface area contributed by atoms with Gasteiger partial charge in [-0.3, -0.25) is 0 Å². The van der Waals surface area contributed by atoms with Crippen molar-refractivity contribution in [2.75, 3.05) is 6.26 Å². The molecule has 0 aliphatic heterocycles. The van der Waals surface area contributed by atoms with Crippen molar-refractivity contribution in [2.45, 2.75) is 26.1 Å². The Hall–Kier alpha value is -3.30. The van der Waals surface area contributed by atoms with Gasteiger partial charge in [-0.1, -0.05) is 75.6 Å². The molecule has 1 aromatic heterocycles. The minimum Gasteiger partial charge on any atom is -0.229 e. The highest BCUT2D eigenvalue weighted by Crippen LogP contribution is 2.33. The fourth-order valence-electron chi connectivity index (χ4n) is 4.28. The first kappa shape index (κ1) is 23.8. The standard InChI is InChI=1S/C31H33N2S/c1-6-24-8-14-27(15-9-24)30-31(28-16-10-25(7-2)11-17-28)33(22-32(30)20-23(3)4)29-18-12-26(13-19-29)21-34-5/h6-19,22-23H,1-2,20-21H2,3-5H3/q+1. The predicted octanol–water partition coefficient (Wildman–Crippen LogP) is 7.90. The van der Waals surface area contributed by atoms with Crippen LogP contribution in [0.1, 0.15) is 30.5 Å². The molecule has 0 saturated heterocycles. The third-order valence-corrected chi connectivity index (χ3v) is 6.56. The van der Waals surface area contributed by atoms with Crippen molar-refractivity contribution in [2.24, 2.45) is 5.92 Å². The summed E-state index contributed by atoms with van der Waals surface area (Å²) in [6.45, 7) is 13.3. The molecule has 0 aliphatic carbocycles. The van der Waals surface area contributed by atoms with Gasteiger partial charge in [-0.05, 0) is 65.3 Å². The number of rotatable bonds is 9. The van der Waals surface area contributed by atoms with Crippen LogP contribution in [0.5, 0.6) is 0 Å². The summed E-state index contributed by atoms with van der Waals surface area (Å²) in [5, 5.41) is 0. The zero-order valence-corrected chi connectivity index (χ0v) is 21.2. The van der Waals surface area contributed by atoms with E-state index in [0.29, 0.717) is 5.92 Å². The average molecular weight is 466 g/mol. The van der Waals surface area contributed by atoms with Gasteiger partial charge in [0.25, 0.3) is 0 Å². The van der Waals surface area contributed by atoms with Gasteiger partial charge >= 0.3 is 0 Å². The molecule has 0 N–H and O–H groups in total. The molecule has 2 nitrogen and oxygen atoms in total. The van der Waals surface area contributed by atoms with Crippen LogP contribution >= 0.6 is 11.8 Å². The van der Waals surface area contributed by atoms with Crippen LogP contribution in [-0.2, 0) is 12.3 Å². The number of imidazole rings is 1. The number of thioether (sulfide) groups is 1. The first-order valence-electron chi connectivity index (χ1n) is 11.7. The Labute approximate surface area is 208 Å². The van der Waals surface area contributed by atoms with Gasteiger partial charge in [-0.25, -0.2) is 4.57 Å². The van der Waals surface area contributed by atoms with Crippen LogP contribution in [0.3, 0.4) is 0 Å². The van der Waals surface area contributed by atoms with Gasteiger partial charge in [0, 0.05) is 16.9 Å².